The van der Waals surface area contributed by atoms with E-state index in [1.54, 1.807) is 0 Å². The first-order chi connectivity index (χ1) is 22.6. The molecule has 0 fully saturated rings. The van der Waals surface area contributed by atoms with E-state index in [-0.39, 0.29) is 5.41 Å². The summed E-state index contributed by atoms with van der Waals surface area (Å²) in [5.41, 5.74) is 10.8. The third kappa shape index (κ3) is 3.46. The van der Waals surface area contributed by atoms with Gasteiger partial charge in [0.2, 0.25) is 0 Å². The van der Waals surface area contributed by atoms with Gasteiger partial charge in [0, 0.05) is 48.4 Å². The summed E-state index contributed by atoms with van der Waals surface area (Å²) < 4.78 is 9.29. The molecule has 0 aliphatic heterocycles. The van der Waals surface area contributed by atoms with Crippen LogP contribution < -0.4 is 4.90 Å². The molecule has 0 bridgehead atoms. The summed E-state index contributed by atoms with van der Waals surface area (Å²) in [6.45, 7) is 4.68. The average Bonchev–Trinajstić information content (AvgIpc) is 3.74. The molecule has 0 unspecified atom stereocenters. The fourth-order valence-electron chi connectivity index (χ4n) is 7.86. The van der Waals surface area contributed by atoms with Crippen LogP contribution in [0.5, 0.6) is 0 Å². The molecule has 2 heterocycles. The Morgan fingerprint density at radius 3 is 2.20 bits per heavy atom. The van der Waals surface area contributed by atoms with Gasteiger partial charge in [-0.15, -0.1) is 11.3 Å². The molecule has 2 aromatic heterocycles. The second kappa shape index (κ2) is 9.32. The topological polar surface area (TPSA) is 16.4 Å². The highest BCUT2D eigenvalue weighted by Crippen LogP contribution is 2.52. The fourth-order valence-corrected chi connectivity index (χ4v) is 9.06. The molecule has 9 aromatic rings. The number of anilines is 3. The first-order valence-electron chi connectivity index (χ1n) is 15.9. The van der Waals surface area contributed by atoms with E-state index in [9.17, 15) is 0 Å². The Kier molecular flexibility index (Phi) is 5.25. The number of hydrogen-bond acceptors (Lipinski definition) is 3. The fraction of sp³-hybridized carbons (Fsp3) is 0.0698. The van der Waals surface area contributed by atoms with E-state index in [0.717, 1.165) is 33.3 Å². The minimum Gasteiger partial charge on any atom is -0.455 e. The van der Waals surface area contributed by atoms with Crippen molar-refractivity contribution in [2.45, 2.75) is 19.3 Å². The zero-order chi connectivity index (χ0) is 30.6. The minimum absolute atomic E-state index is 0.0309. The molecule has 0 atom stereocenters. The molecule has 0 amide bonds. The number of benzene rings is 7. The first-order valence-corrected chi connectivity index (χ1v) is 16.7. The zero-order valence-corrected chi connectivity index (χ0v) is 26.4. The largest absolute Gasteiger partial charge is 0.455 e. The van der Waals surface area contributed by atoms with Gasteiger partial charge in [-0.25, -0.2) is 0 Å². The third-order valence-electron chi connectivity index (χ3n) is 10.0. The van der Waals surface area contributed by atoms with Crippen molar-refractivity contribution >= 4 is 81.3 Å². The molecular weight excluding hydrogens is 579 g/mol. The Labute approximate surface area is 270 Å². The van der Waals surface area contributed by atoms with Gasteiger partial charge in [0.15, 0.2) is 0 Å². The van der Waals surface area contributed by atoms with Crippen LogP contribution in [0.4, 0.5) is 17.1 Å². The average molecular weight is 608 g/mol. The van der Waals surface area contributed by atoms with Crippen LogP contribution >= 0.6 is 11.3 Å². The van der Waals surface area contributed by atoms with Gasteiger partial charge in [0.1, 0.15) is 11.2 Å². The van der Waals surface area contributed by atoms with Gasteiger partial charge in [-0.2, -0.15) is 0 Å². The van der Waals surface area contributed by atoms with Crippen LogP contribution in [-0.4, -0.2) is 0 Å². The zero-order valence-electron chi connectivity index (χ0n) is 25.5. The number of para-hydroxylation sites is 1. The van der Waals surface area contributed by atoms with E-state index in [1.807, 2.05) is 11.3 Å². The smallest absolute Gasteiger partial charge is 0.144 e. The predicted octanol–water partition coefficient (Wildman–Crippen LogP) is 12.9. The maximum Gasteiger partial charge on any atom is 0.144 e. The highest BCUT2D eigenvalue weighted by atomic mass is 32.1. The highest BCUT2D eigenvalue weighted by molar-refractivity contribution is 7.26. The van der Waals surface area contributed by atoms with Crippen molar-refractivity contribution in [3.8, 4) is 11.1 Å². The van der Waals surface area contributed by atoms with E-state index in [2.05, 4.69) is 158 Å². The standard InChI is InChI=1S/C43H29NOS/c1-43(2)35-17-9-8-15-30(35)34-25-28(20-23-36(34)43)44(27-12-4-3-5-13-27)37-18-10-16-33-39-38(46-42(33)37)24-22-32-31-21-19-26-11-6-7-14-29(26)40(31)45-41(32)39/h3-25H,1-2H3. The van der Waals surface area contributed by atoms with Crippen LogP contribution in [0.2, 0.25) is 0 Å². The van der Waals surface area contributed by atoms with Gasteiger partial charge in [0.25, 0.3) is 0 Å². The summed E-state index contributed by atoms with van der Waals surface area (Å²) in [7, 11) is 0. The van der Waals surface area contributed by atoms with Crippen molar-refractivity contribution in [3.63, 3.8) is 0 Å². The molecule has 10 rings (SSSR count). The molecular formula is C43H29NOS. The van der Waals surface area contributed by atoms with Crippen molar-refractivity contribution < 1.29 is 4.42 Å². The predicted molar refractivity (Wildman–Crippen MR) is 196 cm³/mol. The van der Waals surface area contributed by atoms with Gasteiger partial charge in [-0.05, 0) is 76.2 Å². The molecule has 0 N–H and O–H groups in total. The van der Waals surface area contributed by atoms with Crippen molar-refractivity contribution in [1.82, 2.24) is 0 Å². The Balaban J connectivity index is 1.24. The second-order valence-corrected chi connectivity index (χ2v) is 14.0. The molecule has 46 heavy (non-hydrogen) atoms. The lowest BCUT2D eigenvalue weighted by Gasteiger charge is -2.27. The molecule has 0 saturated heterocycles. The number of rotatable bonds is 3. The lowest BCUT2D eigenvalue weighted by Crippen LogP contribution is -2.15. The molecule has 218 valence electrons. The van der Waals surface area contributed by atoms with E-state index >= 15 is 0 Å². The van der Waals surface area contributed by atoms with Crippen molar-refractivity contribution in [2.75, 3.05) is 4.90 Å². The summed E-state index contributed by atoms with van der Waals surface area (Å²) in [6, 6.07) is 50.8. The van der Waals surface area contributed by atoms with E-state index in [0.29, 0.717) is 0 Å². The van der Waals surface area contributed by atoms with Gasteiger partial charge >= 0.3 is 0 Å². The summed E-state index contributed by atoms with van der Waals surface area (Å²) >= 11 is 1.85. The van der Waals surface area contributed by atoms with Gasteiger partial charge in [-0.3, -0.25) is 0 Å². The minimum atomic E-state index is -0.0309. The van der Waals surface area contributed by atoms with Crippen molar-refractivity contribution in [3.05, 3.63) is 151 Å². The monoisotopic (exact) mass is 607 g/mol. The second-order valence-electron chi connectivity index (χ2n) is 12.9. The SMILES string of the molecule is CC1(C)c2ccccc2-c2cc(N(c3ccccc3)c3cccc4c3sc3ccc5c6ccc7ccccc7c6oc5c34)ccc21. The Morgan fingerprint density at radius 1 is 0.543 bits per heavy atom. The molecule has 1 aliphatic rings. The quantitative estimate of drug-likeness (QED) is 0.199. The van der Waals surface area contributed by atoms with Crippen molar-refractivity contribution in [1.29, 1.82) is 0 Å². The highest BCUT2D eigenvalue weighted by Gasteiger charge is 2.35. The molecule has 1 aliphatic carbocycles. The summed E-state index contributed by atoms with van der Waals surface area (Å²) in [5, 5.41) is 7.09. The van der Waals surface area contributed by atoms with E-state index in [4.69, 9.17) is 4.42 Å². The van der Waals surface area contributed by atoms with E-state index in [1.165, 1.54) is 58.9 Å². The van der Waals surface area contributed by atoms with Crippen molar-refractivity contribution in [2.24, 2.45) is 0 Å². The maximum atomic E-state index is 6.81. The Hall–Kier alpha value is -5.38. The molecule has 7 aromatic carbocycles. The Morgan fingerprint density at radius 2 is 1.28 bits per heavy atom. The van der Waals surface area contributed by atoms with E-state index < -0.39 is 0 Å². The van der Waals surface area contributed by atoms with Crippen LogP contribution in [0.1, 0.15) is 25.0 Å². The molecule has 0 radical (unpaired) electrons. The molecule has 0 saturated carbocycles. The number of fused-ring (bicyclic) bond motifs is 12. The van der Waals surface area contributed by atoms with Crippen LogP contribution in [-0.2, 0) is 5.41 Å². The van der Waals surface area contributed by atoms with Gasteiger partial charge in [-0.1, -0.05) is 105 Å². The molecule has 2 nitrogen and oxygen atoms in total. The molecule has 3 heteroatoms. The number of hydrogen-bond donors (Lipinski definition) is 0. The van der Waals surface area contributed by atoms with Crippen LogP contribution in [0.15, 0.2) is 144 Å². The summed E-state index contributed by atoms with van der Waals surface area (Å²) in [4.78, 5) is 2.43. The van der Waals surface area contributed by atoms with Crippen LogP contribution in [0.25, 0.3) is 64.0 Å². The lowest BCUT2D eigenvalue weighted by molar-refractivity contribution is 0.660. The number of thiophene rings is 1. The maximum absolute atomic E-state index is 6.81. The molecule has 0 spiro atoms. The van der Waals surface area contributed by atoms with Gasteiger partial charge in [0.05, 0.1) is 10.4 Å². The van der Waals surface area contributed by atoms with Crippen LogP contribution in [0.3, 0.4) is 0 Å². The normalized spacial score (nSPS) is 13.6. The first kappa shape index (κ1) is 25.9. The number of furan rings is 1. The Bertz CT molecular complexity index is 2680. The third-order valence-corrected chi connectivity index (χ3v) is 11.2. The lowest BCUT2D eigenvalue weighted by atomic mass is 9.82. The number of nitrogens with zero attached hydrogens (tertiary/aromatic N) is 1. The summed E-state index contributed by atoms with van der Waals surface area (Å²) in [5.74, 6) is 0. The van der Waals surface area contributed by atoms with Crippen LogP contribution in [0, 0.1) is 0 Å². The van der Waals surface area contributed by atoms with Gasteiger partial charge < -0.3 is 9.32 Å². The summed E-state index contributed by atoms with van der Waals surface area (Å²) in [6.07, 6.45) is 0.